The van der Waals surface area contributed by atoms with Gasteiger partial charge in [-0.3, -0.25) is 9.89 Å². The van der Waals surface area contributed by atoms with Crippen LogP contribution in [0.4, 0.5) is 5.69 Å². The van der Waals surface area contributed by atoms with Crippen molar-refractivity contribution in [2.45, 2.75) is 13.1 Å². The van der Waals surface area contributed by atoms with Crippen molar-refractivity contribution in [1.82, 2.24) is 25.2 Å². The molecule has 0 radical (unpaired) electrons. The summed E-state index contributed by atoms with van der Waals surface area (Å²) in [6, 6.07) is 5.52. The first-order valence-corrected chi connectivity index (χ1v) is 6.06. The van der Waals surface area contributed by atoms with Crippen LogP contribution in [0.1, 0.15) is 5.69 Å². The zero-order chi connectivity index (χ0) is 13.9. The molecule has 0 spiro atoms. The van der Waals surface area contributed by atoms with E-state index in [1.807, 2.05) is 18.2 Å². The van der Waals surface area contributed by atoms with E-state index < -0.39 is 0 Å². The normalized spacial score (nSPS) is 10.8. The fourth-order valence-corrected chi connectivity index (χ4v) is 1.88. The number of benzene rings is 1. The third-order valence-corrected chi connectivity index (χ3v) is 2.82. The van der Waals surface area contributed by atoms with Gasteiger partial charge in [-0.05, 0) is 18.2 Å². The molecular weight excluding hydrogens is 258 g/mol. The molecule has 3 rings (SSSR count). The van der Waals surface area contributed by atoms with Gasteiger partial charge in [-0.1, -0.05) is 5.21 Å². The Morgan fingerprint density at radius 3 is 3.15 bits per heavy atom. The van der Waals surface area contributed by atoms with Crippen LogP contribution in [-0.2, 0) is 17.9 Å². The molecule has 0 atom stereocenters. The number of aromatic nitrogens is 5. The molecule has 0 unspecified atom stereocenters. The molecule has 0 aliphatic rings. The summed E-state index contributed by atoms with van der Waals surface area (Å²) in [4.78, 5) is 11.9. The molecule has 8 heteroatoms. The maximum absolute atomic E-state index is 11.9. The van der Waals surface area contributed by atoms with Gasteiger partial charge in [0.05, 0.1) is 23.6 Å². The number of hydrogen-bond acceptors (Lipinski definition) is 5. The van der Waals surface area contributed by atoms with Gasteiger partial charge >= 0.3 is 0 Å². The van der Waals surface area contributed by atoms with Gasteiger partial charge < -0.3 is 11.1 Å². The van der Waals surface area contributed by atoms with Crippen molar-refractivity contribution in [3.63, 3.8) is 0 Å². The summed E-state index contributed by atoms with van der Waals surface area (Å²) in [5.74, 6) is -0.179. The van der Waals surface area contributed by atoms with Crippen molar-refractivity contribution in [1.29, 1.82) is 0 Å². The lowest BCUT2D eigenvalue weighted by Gasteiger charge is -2.04. The van der Waals surface area contributed by atoms with Gasteiger partial charge in [0.2, 0.25) is 5.91 Å². The Morgan fingerprint density at radius 1 is 1.45 bits per heavy atom. The molecule has 0 bridgehead atoms. The zero-order valence-electron chi connectivity index (χ0n) is 10.6. The van der Waals surface area contributed by atoms with E-state index in [2.05, 4.69) is 25.8 Å². The van der Waals surface area contributed by atoms with Crippen LogP contribution < -0.4 is 11.1 Å². The van der Waals surface area contributed by atoms with E-state index in [4.69, 9.17) is 5.73 Å². The van der Waals surface area contributed by atoms with Crippen LogP contribution >= 0.6 is 0 Å². The maximum atomic E-state index is 11.9. The summed E-state index contributed by atoms with van der Waals surface area (Å²) >= 11 is 0. The minimum Gasteiger partial charge on any atom is -0.325 e. The minimum atomic E-state index is -0.179. The highest BCUT2D eigenvalue weighted by molar-refractivity contribution is 5.93. The molecule has 8 nitrogen and oxygen atoms in total. The first-order valence-electron chi connectivity index (χ1n) is 6.06. The van der Waals surface area contributed by atoms with Crippen LogP contribution in [0.5, 0.6) is 0 Å². The number of nitrogens with two attached hydrogens (primary N) is 1. The molecular formula is C12H13N7O. The average Bonchev–Trinajstić information content (AvgIpc) is 3.06. The van der Waals surface area contributed by atoms with Crippen LogP contribution in [0, 0.1) is 0 Å². The Bertz CT molecular complexity index is 745. The van der Waals surface area contributed by atoms with Crippen LogP contribution in [-0.4, -0.2) is 31.1 Å². The molecule has 1 aromatic carbocycles. The van der Waals surface area contributed by atoms with Crippen molar-refractivity contribution in [2.24, 2.45) is 5.73 Å². The number of hydrogen-bond donors (Lipinski definition) is 3. The summed E-state index contributed by atoms with van der Waals surface area (Å²) in [5, 5.41) is 18.2. The topological polar surface area (TPSA) is 115 Å². The maximum Gasteiger partial charge on any atom is 0.246 e. The molecule has 2 heterocycles. The summed E-state index contributed by atoms with van der Waals surface area (Å²) in [5.41, 5.74) is 7.72. The van der Waals surface area contributed by atoms with Crippen LogP contribution in [0.15, 0.2) is 30.6 Å². The quantitative estimate of drug-likeness (QED) is 0.629. The predicted octanol–water partition coefficient (Wildman–Crippen LogP) is 0.252. The summed E-state index contributed by atoms with van der Waals surface area (Å²) in [6.07, 6.45) is 3.36. The number of carbonyl (C=O) groups is 1. The summed E-state index contributed by atoms with van der Waals surface area (Å²) in [6.45, 7) is 0.398. The van der Waals surface area contributed by atoms with Crippen LogP contribution in [0.3, 0.4) is 0 Å². The van der Waals surface area contributed by atoms with Crippen molar-refractivity contribution in [3.8, 4) is 0 Å². The third-order valence-electron chi connectivity index (χ3n) is 2.82. The molecule has 20 heavy (non-hydrogen) atoms. The minimum absolute atomic E-state index is 0.0937. The van der Waals surface area contributed by atoms with Gasteiger partial charge in [0.1, 0.15) is 6.54 Å². The van der Waals surface area contributed by atoms with E-state index in [9.17, 15) is 4.79 Å². The Kier molecular flexibility index (Phi) is 3.13. The van der Waals surface area contributed by atoms with E-state index >= 15 is 0 Å². The van der Waals surface area contributed by atoms with Gasteiger partial charge in [-0.2, -0.15) is 5.10 Å². The van der Waals surface area contributed by atoms with Crippen LogP contribution in [0.25, 0.3) is 10.9 Å². The molecule has 102 valence electrons. The number of amides is 1. The first kappa shape index (κ1) is 12.3. The standard InChI is InChI=1S/C12H13N7O/c13-4-10-6-19(18-16-10)7-12(20)15-9-1-2-11-8(3-9)5-14-17-11/h1-3,5-6H,4,7,13H2,(H,14,17)(H,15,20). The van der Waals surface area contributed by atoms with Crippen molar-refractivity contribution in [3.05, 3.63) is 36.3 Å². The molecule has 1 amide bonds. The molecule has 3 aromatic rings. The monoisotopic (exact) mass is 271 g/mol. The van der Waals surface area contributed by atoms with Gasteiger partial charge in [0, 0.05) is 17.6 Å². The number of anilines is 1. The fraction of sp³-hybridized carbons (Fsp3) is 0.167. The lowest BCUT2D eigenvalue weighted by molar-refractivity contribution is -0.116. The van der Waals surface area contributed by atoms with Crippen molar-refractivity contribution in [2.75, 3.05) is 5.32 Å². The number of nitrogens with zero attached hydrogens (tertiary/aromatic N) is 4. The summed E-state index contributed by atoms with van der Waals surface area (Å²) < 4.78 is 1.45. The van der Waals surface area contributed by atoms with Crippen molar-refractivity contribution < 1.29 is 4.79 Å². The number of carbonyl (C=O) groups excluding carboxylic acids is 1. The molecule has 0 aliphatic carbocycles. The highest BCUT2D eigenvalue weighted by Crippen LogP contribution is 2.16. The van der Waals surface area contributed by atoms with E-state index in [-0.39, 0.29) is 12.5 Å². The number of nitrogens with one attached hydrogen (secondary N) is 2. The predicted molar refractivity (Wildman–Crippen MR) is 72.6 cm³/mol. The zero-order valence-corrected chi connectivity index (χ0v) is 10.6. The Labute approximate surface area is 114 Å². The highest BCUT2D eigenvalue weighted by Gasteiger charge is 2.06. The summed E-state index contributed by atoms with van der Waals surface area (Å²) in [7, 11) is 0. The van der Waals surface area contributed by atoms with Gasteiger partial charge in [0.25, 0.3) is 0 Å². The Hall–Kier alpha value is -2.74. The SMILES string of the molecule is NCc1cn(CC(=O)Nc2ccc3[nH]ncc3c2)nn1. The molecule has 0 saturated carbocycles. The average molecular weight is 271 g/mol. The third kappa shape index (κ3) is 2.50. The highest BCUT2D eigenvalue weighted by atomic mass is 16.2. The molecule has 2 aromatic heterocycles. The van der Waals surface area contributed by atoms with Gasteiger partial charge in [0.15, 0.2) is 0 Å². The number of fused-ring (bicyclic) bond motifs is 1. The number of rotatable bonds is 4. The van der Waals surface area contributed by atoms with Crippen LogP contribution in [0.2, 0.25) is 0 Å². The van der Waals surface area contributed by atoms with E-state index in [1.165, 1.54) is 4.68 Å². The molecule has 4 N–H and O–H groups in total. The van der Waals surface area contributed by atoms with E-state index in [0.29, 0.717) is 17.9 Å². The lowest BCUT2D eigenvalue weighted by atomic mass is 10.2. The smallest absolute Gasteiger partial charge is 0.246 e. The van der Waals surface area contributed by atoms with E-state index in [0.717, 1.165) is 10.9 Å². The van der Waals surface area contributed by atoms with Gasteiger partial charge in [-0.15, -0.1) is 5.10 Å². The second-order valence-corrected chi connectivity index (χ2v) is 4.33. The Balaban J connectivity index is 1.68. The largest absolute Gasteiger partial charge is 0.325 e. The number of H-pyrrole nitrogens is 1. The molecule has 0 fully saturated rings. The fourth-order valence-electron chi connectivity index (χ4n) is 1.88. The number of aromatic amines is 1. The lowest BCUT2D eigenvalue weighted by Crippen LogP contribution is -2.19. The first-order chi connectivity index (χ1) is 9.74. The van der Waals surface area contributed by atoms with E-state index in [1.54, 1.807) is 12.4 Å². The second-order valence-electron chi connectivity index (χ2n) is 4.33. The Morgan fingerprint density at radius 2 is 2.35 bits per heavy atom. The molecule has 0 aliphatic heterocycles. The van der Waals surface area contributed by atoms with Gasteiger partial charge in [-0.25, -0.2) is 4.68 Å². The second kappa shape index (κ2) is 5.10. The van der Waals surface area contributed by atoms with Crippen molar-refractivity contribution >= 4 is 22.5 Å². The molecule has 0 saturated heterocycles.